The molecule has 0 spiro atoms. The van der Waals surface area contributed by atoms with E-state index in [1.165, 1.54) is 25.7 Å². The van der Waals surface area contributed by atoms with Crippen molar-refractivity contribution in [2.75, 3.05) is 54.6 Å². The molecule has 2 N–H and O–H groups in total. The van der Waals surface area contributed by atoms with E-state index in [9.17, 15) is 0 Å². The first-order valence-corrected chi connectivity index (χ1v) is 15.1. The van der Waals surface area contributed by atoms with E-state index in [2.05, 4.69) is 23.7 Å². The Balaban J connectivity index is 3.30. The third-order valence-electron chi connectivity index (χ3n) is 5.15. The molecule has 0 bridgehead atoms. The molecule has 0 amide bonds. The maximum absolute atomic E-state index is 5.49. The second kappa shape index (κ2) is 16.2. The standard InChI is InChI=1S/C18H44N2O4Si2/c1-21-25(5,22-2)17-11-15-19-13-9-7-8-10-14-20-16-12-18-26(6,23-3)24-4/h19-20H,7-18H2,1-6H3. The monoisotopic (exact) mass is 408 g/mol. The molecule has 0 atom stereocenters. The molecule has 0 aromatic carbocycles. The van der Waals surface area contributed by atoms with Gasteiger partial charge in [-0.25, -0.2) is 0 Å². The summed E-state index contributed by atoms with van der Waals surface area (Å²) in [7, 11) is 3.30. The normalized spacial score (nSPS) is 12.7. The predicted molar refractivity (Wildman–Crippen MR) is 114 cm³/mol. The smallest absolute Gasteiger partial charge is 0.334 e. The second-order valence-corrected chi connectivity index (χ2v) is 14.4. The van der Waals surface area contributed by atoms with E-state index in [1.807, 2.05) is 0 Å². The van der Waals surface area contributed by atoms with Crippen molar-refractivity contribution in [2.24, 2.45) is 0 Å². The molecule has 8 heteroatoms. The summed E-state index contributed by atoms with van der Waals surface area (Å²) in [6.45, 7) is 8.59. The van der Waals surface area contributed by atoms with E-state index in [1.54, 1.807) is 28.4 Å². The number of unbranched alkanes of at least 4 members (excludes halogenated alkanes) is 3. The van der Waals surface area contributed by atoms with Gasteiger partial charge >= 0.3 is 17.1 Å². The summed E-state index contributed by atoms with van der Waals surface area (Å²) in [4.78, 5) is 0. The molecule has 0 aliphatic rings. The Hall–Kier alpha value is 0.194. The topological polar surface area (TPSA) is 61.0 Å². The summed E-state index contributed by atoms with van der Waals surface area (Å²) in [6, 6.07) is 2.10. The average Bonchev–Trinajstić information content (AvgIpc) is 2.67. The lowest BCUT2D eigenvalue weighted by atomic mass is 10.2. The first-order chi connectivity index (χ1) is 12.4. The van der Waals surface area contributed by atoms with Crippen LogP contribution in [0.1, 0.15) is 38.5 Å². The first-order valence-electron chi connectivity index (χ1n) is 10.1. The third-order valence-corrected chi connectivity index (χ3v) is 11.1. The van der Waals surface area contributed by atoms with Crippen molar-refractivity contribution in [2.45, 2.75) is 63.7 Å². The fourth-order valence-electron chi connectivity index (χ4n) is 2.75. The van der Waals surface area contributed by atoms with Crippen LogP contribution in [-0.2, 0) is 17.7 Å². The van der Waals surface area contributed by atoms with Crippen LogP contribution in [0.15, 0.2) is 0 Å². The van der Waals surface area contributed by atoms with Crippen LogP contribution in [0.2, 0.25) is 25.2 Å². The molecule has 0 heterocycles. The van der Waals surface area contributed by atoms with E-state index in [-0.39, 0.29) is 0 Å². The molecule has 0 aromatic rings. The van der Waals surface area contributed by atoms with Gasteiger partial charge in [-0.05, 0) is 77.0 Å². The quantitative estimate of drug-likeness (QED) is 0.253. The molecule has 6 nitrogen and oxygen atoms in total. The third kappa shape index (κ3) is 13.4. The van der Waals surface area contributed by atoms with Crippen molar-refractivity contribution >= 4 is 17.1 Å². The molecular formula is C18H44N2O4Si2. The summed E-state index contributed by atoms with van der Waals surface area (Å²) >= 11 is 0. The highest BCUT2D eigenvalue weighted by atomic mass is 28.4. The van der Waals surface area contributed by atoms with Crippen molar-refractivity contribution in [1.82, 2.24) is 10.6 Å². The van der Waals surface area contributed by atoms with Crippen LogP contribution in [0.4, 0.5) is 0 Å². The Kier molecular flexibility index (Phi) is 16.3. The largest absolute Gasteiger partial charge is 0.398 e. The van der Waals surface area contributed by atoms with Gasteiger partial charge in [0.15, 0.2) is 0 Å². The molecule has 0 aliphatic heterocycles. The van der Waals surface area contributed by atoms with E-state index in [0.717, 1.165) is 51.1 Å². The lowest BCUT2D eigenvalue weighted by molar-refractivity contribution is 0.248. The van der Waals surface area contributed by atoms with E-state index in [0.29, 0.717) is 0 Å². The zero-order valence-electron chi connectivity index (χ0n) is 18.1. The van der Waals surface area contributed by atoms with Gasteiger partial charge in [0, 0.05) is 28.4 Å². The Morgan fingerprint density at radius 3 is 1.12 bits per heavy atom. The highest BCUT2D eigenvalue weighted by molar-refractivity contribution is 6.66. The molecule has 0 saturated heterocycles. The van der Waals surface area contributed by atoms with Gasteiger partial charge < -0.3 is 28.3 Å². The lowest BCUT2D eigenvalue weighted by Crippen LogP contribution is -2.36. The maximum Gasteiger partial charge on any atom is 0.334 e. The predicted octanol–water partition coefficient (Wildman–Crippen LogP) is 3.24. The zero-order valence-corrected chi connectivity index (χ0v) is 20.1. The first kappa shape index (κ1) is 26.2. The van der Waals surface area contributed by atoms with Crippen LogP contribution in [0.5, 0.6) is 0 Å². The number of hydrogen-bond donors (Lipinski definition) is 2. The van der Waals surface area contributed by atoms with Crippen LogP contribution >= 0.6 is 0 Å². The van der Waals surface area contributed by atoms with Gasteiger partial charge in [0.2, 0.25) is 0 Å². The fraction of sp³-hybridized carbons (Fsp3) is 1.00. The lowest BCUT2D eigenvalue weighted by Gasteiger charge is -2.22. The van der Waals surface area contributed by atoms with Crippen molar-refractivity contribution in [3.05, 3.63) is 0 Å². The second-order valence-electron chi connectivity index (χ2n) is 7.21. The zero-order chi connectivity index (χ0) is 19.7. The highest BCUT2D eigenvalue weighted by Crippen LogP contribution is 2.13. The van der Waals surface area contributed by atoms with Crippen molar-refractivity contribution in [3.63, 3.8) is 0 Å². The van der Waals surface area contributed by atoms with Crippen molar-refractivity contribution < 1.29 is 17.7 Å². The number of rotatable bonds is 19. The highest BCUT2D eigenvalue weighted by Gasteiger charge is 2.28. The van der Waals surface area contributed by atoms with Gasteiger partial charge in [0.25, 0.3) is 0 Å². The minimum atomic E-state index is -1.87. The average molecular weight is 409 g/mol. The SMILES string of the molecule is CO[Si](C)(CCCNCCCCCCNCCC[Si](C)(OC)OC)OC. The summed E-state index contributed by atoms with van der Waals surface area (Å²) in [5.74, 6) is 0. The molecule has 0 aromatic heterocycles. The van der Waals surface area contributed by atoms with Gasteiger partial charge in [-0.2, -0.15) is 0 Å². The van der Waals surface area contributed by atoms with Gasteiger partial charge in [-0.3, -0.25) is 0 Å². The Morgan fingerprint density at radius 1 is 0.500 bits per heavy atom. The molecule has 0 fully saturated rings. The number of hydrogen-bond acceptors (Lipinski definition) is 6. The number of nitrogens with one attached hydrogen (secondary N) is 2. The molecule has 0 rings (SSSR count). The molecular weight excluding hydrogens is 364 g/mol. The molecule has 0 radical (unpaired) electrons. The van der Waals surface area contributed by atoms with E-state index >= 15 is 0 Å². The summed E-state index contributed by atoms with van der Waals surface area (Å²) in [5.41, 5.74) is 0. The minimum Gasteiger partial charge on any atom is -0.398 e. The Labute approximate surface area is 164 Å². The fourth-order valence-corrected chi connectivity index (χ4v) is 5.54. The van der Waals surface area contributed by atoms with Crippen LogP contribution in [0, 0.1) is 0 Å². The Morgan fingerprint density at radius 2 is 0.808 bits per heavy atom. The summed E-state index contributed by atoms with van der Waals surface area (Å²) in [6.07, 6.45) is 7.37. The summed E-state index contributed by atoms with van der Waals surface area (Å²) in [5, 5.41) is 7.05. The van der Waals surface area contributed by atoms with E-state index < -0.39 is 17.1 Å². The molecule has 0 aliphatic carbocycles. The minimum absolute atomic E-state index is 1.05. The van der Waals surface area contributed by atoms with Gasteiger partial charge in [0.05, 0.1) is 0 Å². The van der Waals surface area contributed by atoms with Crippen molar-refractivity contribution in [3.8, 4) is 0 Å². The molecule has 26 heavy (non-hydrogen) atoms. The van der Waals surface area contributed by atoms with Crippen LogP contribution in [0.25, 0.3) is 0 Å². The van der Waals surface area contributed by atoms with Gasteiger partial charge in [-0.1, -0.05) is 12.8 Å². The van der Waals surface area contributed by atoms with Crippen LogP contribution < -0.4 is 10.6 Å². The van der Waals surface area contributed by atoms with Crippen molar-refractivity contribution in [1.29, 1.82) is 0 Å². The maximum atomic E-state index is 5.49. The molecule has 158 valence electrons. The molecule has 0 unspecified atom stereocenters. The Bertz CT molecular complexity index is 288. The van der Waals surface area contributed by atoms with E-state index in [4.69, 9.17) is 17.7 Å². The van der Waals surface area contributed by atoms with Crippen LogP contribution in [-0.4, -0.2) is 71.7 Å². The van der Waals surface area contributed by atoms with Crippen LogP contribution in [0.3, 0.4) is 0 Å². The summed E-state index contributed by atoms with van der Waals surface area (Å²) < 4.78 is 22.0. The molecule has 0 saturated carbocycles. The van der Waals surface area contributed by atoms with Gasteiger partial charge in [0.1, 0.15) is 0 Å². The van der Waals surface area contributed by atoms with Gasteiger partial charge in [-0.15, -0.1) is 0 Å².